The van der Waals surface area contributed by atoms with E-state index < -0.39 is 0 Å². The van der Waals surface area contributed by atoms with E-state index in [9.17, 15) is 4.79 Å². The van der Waals surface area contributed by atoms with Crippen LogP contribution in [0.2, 0.25) is 0 Å². The van der Waals surface area contributed by atoms with Gasteiger partial charge in [0.15, 0.2) is 5.96 Å². The van der Waals surface area contributed by atoms with Crippen molar-refractivity contribution in [1.82, 2.24) is 20.4 Å². The van der Waals surface area contributed by atoms with Crippen LogP contribution in [0.25, 0.3) is 0 Å². The summed E-state index contributed by atoms with van der Waals surface area (Å²) in [4.78, 5) is 20.7. The van der Waals surface area contributed by atoms with Crippen molar-refractivity contribution >= 4 is 35.8 Å². The number of likely N-dealkylation sites (tertiary alicyclic amines) is 1. The van der Waals surface area contributed by atoms with E-state index in [2.05, 4.69) is 20.5 Å². The average molecular weight is 463 g/mol. The Hall–Kier alpha value is -0.570. The van der Waals surface area contributed by atoms with Crippen molar-refractivity contribution in [2.45, 2.75) is 57.5 Å². The molecule has 2 N–H and O–H groups in total. The van der Waals surface area contributed by atoms with Crippen molar-refractivity contribution in [2.75, 3.05) is 39.8 Å². The van der Waals surface area contributed by atoms with E-state index in [0.29, 0.717) is 12.5 Å². The fourth-order valence-electron chi connectivity index (χ4n) is 3.53. The van der Waals surface area contributed by atoms with Gasteiger partial charge in [-0.05, 0) is 38.0 Å². The normalized spacial score (nSPS) is 23.6. The van der Waals surface area contributed by atoms with Crippen molar-refractivity contribution < 1.29 is 4.79 Å². The first-order valence-electron chi connectivity index (χ1n) is 9.68. The predicted molar refractivity (Wildman–Crippen MR) is 113 cm³/mol. The fraction of sp³-hybridized carbons (Fsp3) is 0.889. The molecule has 6 nitrogen and oxygen atoms in total. The molecule has 0 aromatic carbocycles. The second-order valence-electron chi connectivity index (χ2n) is 7.49. The zero-order valence-corrected chi connectivity index (χ0v) is 18.0. The van der Waals surface area contributed by atoms with Gasteiger partial charge in [0.2, 0.25) is 5.91 Å². The number of carbonyl (C=O) groups excluding carboxylic acids is 1. The molecule has 0 spiro atoms. The van der Waals surface area contributed by atoms with E-state index in [4.69, 9.17) is 0 Å². The van der Waals surface area contributed by atoms with Gasteiger partial charge in [0.05, 0.1) is 0 Å². The third-order valence-electron chi connectivity index (χ3n) is 5.35. The van der Waals surface area contributed by atoms with Gasteiger partial charge in [0.25, 0.3) is 0 Å². The fourth-order valence-corrected chi connectivity index (χ4v) is 3.53. The van der Waals surface area contributed by atoms with Crippen LogP contribution in [0.15, 0.2) is 4.99 Å². The Bertz CT molecular complexity index is 464. The van der Waals surface area contributed by atoms with Gasteiger partial charge in [0, 0.05) is 58.3 Å². The summed E-state index contributed by atoms with van der Waals surface area (Å²) in [6, 6.07) is 1.16. The molecule has 1 amide bonds. The first-order valence-corrected chi connectivity index (χ1v) is 9.68. The Morgan fingerprint density at radius 2 is 2.00 bits per heavy atom. The summed E-state index contributed by atoms with van der Waals surface area (Å²) < 4.78 is 0. The molecule has 3 aliphatic rings. The van der Waals surface area contributed by atoms with E-state index in [1.807, 2.05) is 18.9 Å². The van der Waals surface area contributed by atoms with Gasteiger partial charge in [-0.1, -0.05) is 6.92 Å². The quantitative estimate of drug-likeness (QED) is 0.327. The van der Waals surface area contributed by atoms with Gasteiger partial charge in [-0.15, -0.1) is 24.0 Å². The molecule has 1 unspecified atom stereocenters. The molecule has 1 saturated heterocycles. The minimum atomic E-state index is 0. The molecule has 1 aliphatic heterocycles. The van der Waals surface area contributed by atoms with Crippen LogP contribution in [-0.4, -0.2) is 73.5 Å². The van der Waals surface area contributed by atoms with Crippen molar-refractivity contribution in [1.29, 1.82) is 0 Å². The lowest BCUT2D eigenvalue weighted by molar-refractivity contribution is -0.129. The molecule has 3 fully saturated rings. The van der Waals surface area contributed by atoms with Gasteiger partial charge < -0.3 is 15.5 Å². The maximum Gasteiger partial charge on any atom is 0.222 e. The highest BCUT2D eigenvalue weighted by atomic mass is 127. The van der Waals surface area contributed by atoms with Gasteiger partial charge in [-0.2, -0.15) is 0 Å². The van der Waals surface area contributed by atoms with Gasteiger partial charge in [-0.3, -0.25) is 14.7 Å². The highest BCUT2D eigenvalue weighted by molar-refractivity contribution is 14.0. The van der Waals surface area contributed by atoms with Crippen LogP contribution in [0.3, 0.4) is 0 Å². The number of guanidine groups is 1. The number of aliphatic imine (C=N–C) groups is 1. The largest absolute Gasteiger partial charge is 0.355 e. The van der Waals surface area contributed by atoms with Crippen LogP contribution in [0.1, 0.15) is 45.4 Å². The summed E-state index contributed by atoms with van der Waals surface area (Å²) in [5.74, 6) is 2.08. The van der Waals surface area contributed by atoms with Crippen LogP contribution in [0, 0.1) is 5.92 Å². The zero-order valence-electron chi connectivity index (χ0n) is 15.7. The third-order valence-corrected chi connectivity index (χ3v) is 5.35. The van der Waals surface area contributed by atoms with E-state index in [1.54, 1.807) is 0 Å². The molecular formula is C18H34IN5O. The van der Waals surface area contributed by atoms with Crippen LogP contribution >= 0.6 is 24.0 Å². The lowest BCUT2D eigenvalue weighted by atomic mass is 10.3. The monoisotopic (exact) mass is 463 g/mol. The lowest BCUT2D eigenvalue weighted by Gasteiger charge is -2.23. The number of amides is 1. The summed E-state index contributed by atoms with van der Waals surface area (Å²) in [5, 5.41) is 6.93. The Balaban J connectivity index is 0.00000225. The van der Waals surface area contributed by atoms with E-state index in [1.165, 1.54) is 32.2 Å². The molecule has 0 bridgehead atoms. The minimum absolute atomic E-state index is 0. The highest BCUT2D eigenvalue weighted by Crippen LogP contribution is 2.34. The van der Waals surface area contributed by atoms with Gasteiger partial charge >= 0.3 is 0 Å². The number of carbonyl (C=O) groups is 1. The number of hydrogen-bond acceptors (Lipinski definition) is 3. The summed E-state index contributed by atoms with van der Waals surface area (Å²) in [7, 11) is 1.82. The molecule has 0 aromatic rings. The van der Waals surface area contributed by atoms with E-state index >= 15 is 0 Å². The first kappa shape index (κ1) is 20.7. The number of hydrogen-bond donors (Lipinski definition) is 2. The maximum atomic E-state index is 11.8. The average Bonchev–Trinajstić information content (AvgIpc) is 3.51. The number of halogens is 1. The summed E-state index contributed by atoms with van der Waals surface area (Å²) in [5.41, 5.74) is 0. The maximum absolute atomic E-state index is 11.8. The van der Waals surface area contributed by atoms with Crippen LogP contribution < -0.4 is 10.6 Å². The van der Waals surface area contributed by atoms with Crippen molar-refractivity contribution in [3.8, 4) is 0 Å². The third kappa shape index (κ3) is 6.58. The predicted octanol–water partition coefficient (Wildman–Crippen LogP) is 1.65. The summed E-state index contributed by atoms with van der Waals surface area (Å²) in [6.07, 6.45) is 7.20. The molecule has 2 saturated carbocycles. The van der Waals surface area contributed by atoms with Gasteiger partial charge in [0.1, 0.15) is 0 Å². The zero-order chi connectivity index (χ0) is 16.9. The topological polar surface area (TPSA) is 60.0 Å². The van der Waals surface area contributed by atoms with Crippen molar-refractivity contribution in [3.05, 3.63) is 0 Å². The molecule has 2 aliphatic carbocycles. The molecule has 25 heavy (non-hydrogen) atoms. The lowest BCUT2D eigenvalue weighted by Crippen LogP contribution is -2.47. The molecule has 1 heterocycles. The minimum Gasteiger partial charge on any atom is -0.355 e. The standard InChI is InChI=1S/C18H33N5O.HI/c1-3-17(24)23-10-8-15(13-23)21-18(19-2)20-9-11-22(16-6-7-16)12-14-4-5-14;/h14-16H,3-13H2,1-2H3,(H2,19,20,21);1H. The molecule has 7 heteroatoms. The van der Waals surface area contributed by atoms with E-state index in [0.717, 1.165) is 50.5 Å². The Kier molecular flexibility index (Phi) is 8.25. The van der Waals surface area contributed by atoms with Crippen LogP contribution in [0.4, 0.5) is 0 Å². The smallest absolute Gasteiger partial charge is 0.222 e. The molecular weight excluding hydrogens is 429 g/mol. The Morgan fingerprint density at radius 1 is 1.24 bits per heavy atom. The molecule has 1 atom stereocenters. The Labute approximate surface area is 169 Å². The SMILES string of the molecule is CCC(=O)N1CCC(NC(=NC)NCCN(CC2CC2)C2CC2)C1.I. The Morgan fingerprint density at radius 3 is 2.60 bits per heavy atom. The van der Waals surface area contributed by atoms with E-state index in [-0.39, 0.29) is 29.9 Å². The van der Waals surface area contributed by atoms with Crippen LogP contribution in [-0.2, 0) is 4.79 Å². The van der Waals surface area contributed by atoms with Crippen molar-refractivity contribution in [3.63, 3.8) is 0 Å². The molecule has 144 valence electrons. The first-order chi connectivity index (χ1) is 11.7. The van der Waals surface area contributed by atoms with Crippen molar-refractivity contribution in [2.24, 2.45) is 10.9 Å². The molecule has 0 aromatic heterocycles. The molecule has 0 radical (unpaired) electrons. The highest BCUT2D eigenvalue weighted by Gasteiger charge is 2.33. The second kappa shape index (κ2) is 9.94. The van der Waals surface area contributed by atoms with Crippen LogP contribution in [0.5, 0.6) is 0 Å². The number of nitrogens with zero attached hydrogens (tertiary/aromatic N) is 3. The summed E-state index contributed by atoms with van der Waals surface area (Å²) >= 11 is 0. The number of nitrogens with one attached hydrogen (secondary N) is 2. The number of rotatable bonds is 8. The summed E-state index contributed by atoms with van der Waals surface area (Å²) in [6.45, 7) is 6.91. The van der Waals surface area contributed by atoms with Gasteiger partial charge in [-0.25, -0.2) is 0 Å². The molecule has 3 rings (SSSR count). The second-order valence-corrected chi connectivity index (χ2v) is 7.49.